The van der Waals surface area contributed by atoms with Crippen LogP contribution in [0.2, 0.25) is 0 Å². The fraction of sp³-hybridized carbons (Fsp3) is 0. The van der Waals surface area contributed by atoms with Gasteiger partial charge in [-0.1, -0.05) is 30.3 Å². The summed E-state index contributed by atoms with van der Waals surface area (Å²) >= 11 is 0. The van der Waals surface area contributed by atoms with Crippen molar-refractivity contribution >= 4 is 11.5 Å². The van der Waals surface area contributed by atoms with Crippen LogP contribution in [-0.2, 0) is 0 Å². The van der Waals surface area contributed by atoms with Crippen LogP contribution in [0.3, 0.4) is 0 Å². The van der Waals surface area contributed by atoms with Gasteiger partial charge in [0.15, 0.2) is 5.82 Å². The molecule has 0 spiro atoms. The summed E-state index contributed by atoms with van der Waals surface area (Å²) in [7, 11) is 0. The standard InChI is InChI=1S/C17H10FN5O2/c18-15-7-6-13(23(24)25)8-14(15)16-20-17-19-9-12(10-22(17)21-16)11-4-2-1-3-5-11/h1-10H. The van der Waals surface area contributed by atoms with Crippen LogP contribution in [0.4, 0.5) is 10.1 Å². The zero-order chi connectivity index (χ0) is 17.4. The van der Waals surface area contributed by atoms with Gasteiger partial charge in [-0.05, 0) is 11.6 Å². The molecule has 0 saturated heterocycles. The maximum absolute atomic E-state index is 14.1. The number of hydrogen-bond donors (Lipinski definition) is 0. The first-order valence-corrected chi connectivity index (χ1v) is 7.34. The Morgan fingerprint density at radius 2 is 1.88 bits per heavy atom. The number of fused-ring (bicyclic) bond motifs is 1. The number of hydrogen-bond acceptors (Lipinski definition) is 5. The maximum atomic E-state index is 14.1. The lowest BCUT2D eigenvalue weighted by Crippen LogP contribution is -1.93. The molecule has 0 N–H and O–H groups in total. The molecule has 0 aliphatic heterocycles. The Balaban J connectivity index is 1.82. The van der Waals surface area contributed by atoms with E-state index in [9.17, 15) is 14.5 Å². The summed E-state index contributed by atoms with van der Waals surface area (Å²) in [6, 6.07) is 12.8. The summed E-state index contributed by atoms with van der Waals surface area (Å²) in [6.07, 6.45) is 3.37. The zero-order valence-corrected chi connectivity index (χ0v) is 12.7. The van der Waals surface area contributed by atoms with E-state index < -0.39 is 10.7 Å². The van der Waals surface area contributed by atoms with E-state index in [1.54, 1.807) is 12.4 Å². The van der Waals surface area contributed by atoms with Crippen molar-refractivity contribution in [2.45, 2.75) is 0 Å². The van der Waals surface area contributed by atoms with E-state index in [-0.39, 0.29) is 22.9 Å². The third-order valence-electron chi connectivity index (χ3n) is 3.70. The Hall–Kier alpha value is -3.68. The molecule has 4 aromatic rings. The summed E-state index contributed by atoms with van der Waals surface area (Å²) < 4.78 is 15.5. The highest BCUT2D eigenvalue weighted by atomic mass is 19.1. The van der Waals surface area contributed by atoms with Gasteiger partial charge in [0.25, 0.3) is 11.5 Å². The molecule has 0 aliphatic carbocycles. The fourth-order valence-electron chi connectivity index (χ4n) is 2.47. The Morgan fingerprint density at radius 3 is 2.64 bits per heavy atom. The maximum Gasteiger partial charge on any atom is 0.270 e. The second kappa shape index (κ2) is 5.75. The molecule has 0 fully saturated rings. The molecule has 2 aromatic carbocycles. The highest BCUT2D eigenvalue weighted by Crippen LogP contribution is 2.25. The average Bonchev–Trinajstić information content (AvgIpc) is 3.05. The number of nitro benzene ring substituents is 1. The largest absolute Gasteiger partial charge is 0.270 e. The van der Waals surface area contributed by atoms with E-state index in [4.69, 9.17) is 0 Å². The van der Waals surface area contributed by atoms with Gasteiger partial charge in [0, 0.05) is 30.1 Å². The predicted octanol–water partition coefficient (Wildman–Crippen LogP) is 3.51. The molecule has 0 bridgehead atoms. The molecule has 0 radical (unpaired) electrons. The first kappa shape index (κ1) is 14.9. The molecule has 7 nitrogen and oxygen atoms in total. The molecule has 8 heteroatoms. The van der Waals surface area contributed by atoms with Crippen molar-refractivity contribution in [2.75, 3.05) is 0 Å². The molecule has 2 aromatic heterocycles. The van der Waals surface area contributed by atoms with E-state index in [2.05, 4.69) is 15.1 Å². The highest BCUT2D eigenvalue weighted by molar-refractivity contribution is 5.64. The van der Waals surface area contributed by atoms with Crippen LogP contribution in [-0.4, -0.2) is 24.5 Å². The SMILES string of the molecule is O=[N+]([O-])c1ccc(F)c(-c2nc3ncc(-c4ccccc4)cn3n2)c1. The number of benzene rings is 2. The number of nitro groups is 1. The summed E-state index contributed by atoms with van der Waals surface area (Å²) in [5.74, 6) is -0.315. The fourth-order valence-corrected chi connectivity index (χ4v) is 2.47. The van der Waals surface area contributed by atoms with Crippen LogP contribution in [0.1, 0.15) is 0 Å². The van der Waals surface area contributed by atoms with Crippen molar-refractivity contribution in [3.63, 3.8) is 0 Å². The molecule has 0 atom stereocenters. The van der Waals surface area contributed by atoms with Crippen molar-refractivity contribution in [1.29, 1.82) is 0 Å². The second-order valence-electron chi connectivity index (χ2n) is 5.31. The van der Waals surface area contributed by atoms with Gasteiger partial charge in [-0.15, -0.1) is 5.10 Å². The molecule has 25 heavy (non-hydrogen) atoms. The van der Waals surface area contributed by atoms with Crippen molar-refractivity contribution in [3.8, 4) is 22.5 Å². The second-order valence-corrected chi connectivity index (χ2v) is 5.31. The highest BCUT2D eigenvalue weighted by Gasteiger charge is 2.17. The molecule has 0 amide bonds. The summed E-state index contributed by atoms with van der Waals surface area (Å²) in [5.41, 5.74) is 1.51. The quantitative estimate of drug-likeness (QED) is 0.422. The minimum atomic E-state index is -0.634. The minimum absolute atomic E-state index is 0.0407. The monoisotopic (exact) mass is 335 g/mol. The Morgan fingerprint density at radius 1 is 1.08 bits per heavy atom. The Kier molecular flexibility index (Phi) is 3.42. The van der Waals surface area contributed by atoms with Crippen LogP contribution >= 0.6 is 0 Å². The lowest BCUT2D eigenvalue weighted by Gasteiger charge is -2.00. The third-order valence-corrected chi connectivity index (χ3v) is 3.70. The van der Waals surface area contributed by atoms with E-state index >= 15 is 0 Å². The first-order chi connectivity index (χ1) is 12.1. The summed E-state index contributed by atoms with van der Waals surface area (Å²) in [4.78, 5) is 18.7. The Labute approximate surface area is 140 Å². The van der Waals surface area contributed by atoms with E-state index in [0.717, 1.165) is 29.3 Å². The molecule has 122 valence electrons. The minimum Gasteiger partial charge on any atom is -0.258 e. The van der Waals surface area contributed by atoms with Crippen LogP contribution in [0, 0.1) is 15.9 Å². The van der Waals surface area contributed by atoms with Gasteiger partial charge in [0.1, 0.15) is 5.82 Å². The Bertz CT molecular complexity index is 1090. The van der Waals surface area contributed by atoms with Gasteiger partial charge >= 0.3 is 0 Å². The van der Waals surface area contributed by atoms with Gasteiger partial charge in [-0.3, -0.25) is 10.1 Å². The molecule has 4 rings (SSSR count). The number of non-ortho nitro benzene ring substituents is 1. The lowest BCUT2D eigenvalue weighted by atomic mass is 10.1. The van der Waals surface area contributed by atoms with E-state index in [0.29, 0.717) is 0 Å². The summed E-state index contributed by atoms with van der Waals surface area (Å²) in [5, 5.41) is 15.1. The lowest BCUT2D eigenvalue weighted by molar-refractivity contribution is -0.384. The van der Waals surface area contributed by atoms with Crippen LogP contribution < -0.4 is 0 Å². The molecule has 0 saturated carbocycles. The van der Waals surface area contributed by atoms with Crippen LogP contribution in [0.25, 0.3) is 28.3 Å². The van der Waals surface area contributed by atoms with E-state index in [1.807, 2.05) is 30.3 Å². The smallest absolute Gasteiger partial charge is 0.258 e. The number of halogens is 1. The third kappa shape index (κ3) is 2.69. The van der Waals surface area contributed by atoms with Gasteiger partial charge in [-0.25, -0.2) is 13.9 Å². The van der Waals surface area contributed by atoms with Gasteiger partial charge in [0.05, 0.1) is 10.5 Å². The van der Waals surface area contributed by atoms with Crippen molar-refractivity contribution in [1.82, 2.24) is 19.6 Å². The van der Waals surface area contributed by atoms with Crippen molar-refractivity contribution < 1.29 is 9.31 Å². The number of aromatic nitrogens is 4. The normalized spacial score (nSPS) is 10.9. The van der Waals surface area contributed by atoms with Gasteiger partial charge in [-0.2, -0.15) is 4.98 Å². The summed E-state index contributed by atoms with van der Waals surface area (Å²) in [6.45, 7) is 0. The first-order valence-electron chi connectivity index (χ1n) is 7.34. The topological polar surface area (TPSA) is 86.2 Å². The predicted molar refractivity (Wildman–Crippen MR) is 88.3 cm³/mol. The molecule has 0 aliphatic rings. The number of rotatable bonds is 3. The zero-order valence-electron chi connectivity index (χ0n) is 12.7. The molecule has 2 heterocycles. The molecular formula is C17H10FN5O2. The average molecular weight is 335 g/mol. The number of nitrogens with zero attached hydrogens (tertiary/aromatic N) is 5. The van der Waals surface area contributed by atoms with Crippen molar-refractivity contribution in [3.05, 3.63) is 76.9 Å². The molecular weight excluding hydrogens is 325 g/mol. The van der Waals surface area contributed by atoms with E-state index in [1.165, 1.54) is 4.52 Å². The van der Waals surface area contributed by atoms with Crippen molar-refractivity contribution in [2.24, 2.45) is 0 Å². The molecule has 0 unspecified atom stereocenters. The van der Waals surface area contributed by atoms with Gasteiger partial charge < -0.3 is 0 Å². The van der Waals surface area contributed by atoms with Gasteiger partial charge in [0.2, 0.25) is 0 Å². The van der Waals surface area contributed by atoms with Crippen LogP contribution in [0.5, 0.6) is 0 Å². The van der Waals surface area contributed by atoms with Crippen LogP contribution in [0.15, 0.2) is 60.9 Å².